The van der Waals surface area contributed by atoms with Crippen LogP contribution in [0.1, 0.15) is 25.7 Å². The number of nitrogens with zero attached hydrogens (tertiary/aromatic N) is 3. The van der Waals surface area contributed by atoms with E-state index in [1.165, 1.54) is 6.20 Å². The molecule has 3 saturated carbocycles. The average Bonchev–Trinajstić information content (AvgIpc) is 3.13. The maximum absolute atomic E-state index is 12.3. The smallest absolute Gasteiger partial charge is 0.258 e. The van der Waals surface area contributed by atoms with Gasteiger partial charge in [-0.1, -0.05) is 23.2 Å². The molecule has 2 aromatic heterocycles. The van der Waals surface area contributed by atoms with E-state index in [2.05, 4.69) is 20.2 Å². The number of amides is 1. The molecule has 1 saturated heterocycles. The maximum Gasteiger partial charge on any atom is 0.258 e. The summed E-state index contributed by atoms with van der Waals surface area (Å²) in [5.41, 5.74) is 0.127. The van der Waals surface area contributed by atoms with Gasteiger partial charge in [0.1, 0.15) is 6.10 Å². The monoisotopic (exact) mass is 448 g/mol. The van der Waals surface area contributed by atoms with E-state index in [1.54, 1.807) is 30.5 Å². The van der Waals surface area contributed by atoms with Crippen LogP contribution in [0.5, 0.6) is 11.8 Å². The zero-order valence-corrected chi connectivity index (χ0v) is 17.8. The number of hydrogen-bond acceptors (Lipinski definition) is 6. The molecule has 1 atom stereocenters. The SMILES string of the molecule is O=C(COc1ccc(Cl)cn1)NC12CC(N3CCC(Oc4ccc(Cl)cn4)C3)(C1)C2. The first kappa shape index (κ1) is 19.8. The average molecular weight is 449 g/mol. The van der Waals surface area contributed by atoms with Crippen molar-refractivity contribution >= 4 is 29.1 Å². The van der Waals surface area contributed by atoms with Crippen LogP contribution < -0.4 is 14.8 Å². The van der Waals surface area contributed by atoms with E-state index < -0.39 is 0 Å². The van der Waals surface area contributed by atoms with Crippen molar-refractivity contribution in [3.05, 3.63) is 46.7 Å². The Morgan fingerprint density at radius 3 is 2.40 bits per heavy atom. The number of nitrogens with one attached hydrogen (secondary N) is 1. The summed E-state index contributed by atoms with van der Waals surface area (Å²) in [4.78, 5) is 23.0. The number of likely N-dealkylation sites (tertiary alicyclic amines) is 1. The zero-order chi connectivity index (χ0) is 20.8. The molecule has 2 bridgehead atoms. The molecule has 4 aliphatic rings. The highest BCUT2D eigenvalue weighted by Crippen LogP contribution is 2.64. The zero-order valence-electron chi connectivity index (χ0n) is 16.3. The maximum atomic E-state index is 12.3. The summed E-state index contributed by atoms with van der Waals surface area (Å²) in [6.45, 7) is 1.85. The van der Waals surface area contributed by atoms with Crippen LogP contribution in [-0.4, -0.2) is 57.7 Å². The minimum absolute atomic E-state index is 0.0445. The number of hydrogen-bond donors (Lipinski definition) is 1. The molecule has 1 aliphatic heterocycles. The first-order valence-corrected chi connectivity index (χ1v) is 10.8. The van der Waals surface area contributed by atoms with Crippen LogP contribution in [0, 0.1) is 0 Å². The summed E-state index contributed by atoms with van der Waals surface area (Å²) < 4.78 is 11.4. The van der Waals surface area contributed by atoms with Crippen LogP contribution in [0.2, 0.25) is 10.0 Å². The van der Waals surface area contributed by atoms with Crippen molar-refractivity contribution in [3.8, 4) is 11.8 Å². The molecule has 2 aromatic rings. The molecule has 1 unspecified atom stereocenters. The van der Waals surface area contributed by atoms with Gasteiger partial charge in [-0.2, -0.15) is 0 Å². The van der Waals surface area contributed by atoms with E-state index in [0.717, 1.165) is 38.8 Å². The van der Waals surface area contributed by atoms with Crippen LogP contribution in [0.3, 0.4) is 0 Å². The Labute approximate surface area is 184 Å². The van der Waals surface area contributed by atoms with Crippen LogP contribution in [-0.2, 0) is 4.79 Å². The molecule has 9 heteroatoms. The molecule has 0 spiro atoms. The van der Waals surface area contributed by atoms with Gasteiger partial charge in [0.05, 0.1) is 10.0 Å². The molecule has 158 valence electrons. The summed E-state index contributed by atoms with van der Waals surface area (Å²) in [6, 6.07) is 6.93. The van der Waals surface area contributed by atoms with Gasteiger partial charge in [-0.15, -0.1) is 0 Å². The van der Waals surface area contributed by atoms with Crippen molar-refractivity contribution in [1.82, 2.24) is 20.2 Å². The molecule has 1 N–H and O–H groups in total. The quantitative estimate of drug-likeness (QED) is 0.700. The number of pyridine rings is 2. The normalized spacial score (nSPS) is 29.6. The minimum Gasteiger partial charge on any atom is -0.473 e. The Balaban J connectivity index is 1.06. The van der Waals surface area contributed by atoms with Crippen molar-refractivity contribution in [1.29, 1.82) is 0 Å². The first-order chi connectivity index (χ1) is 14.4. The van der Waals surface area contributed by atoms with Crippen molar-refractivity contribution in [2.45, 2.75) is 42.9 Å². The van der Waals surface area contributed by atoms with Crippen molar-refractivity contribution in [2.24, 2.45) is 0 Å². The van der Waals surface area contributed by atoms with Crippen molar-refractivity contribution < 1.29 is 14.3 Å². The van der Waals surface area contributed by atoms with Crippen LogP contribution in [0.4, 0.5) is 0 Å². The van der Waals surface area contributed by atoms with Crippen LogP contribution in [0.15, 0.2) is 36.7 Å². The predicted molar refractivity (Wildman–Crippen MR) is 112 cm³/mol. The number of rotatable bonds is 7. The van der Waals surface area contributed by atoms with Gasteiger partial charge in [0.2, 0.25) is 11.8 Å². The number of carbonyl (C=O) groups excluding carboxylic acids is 1. The van der Waals surface area contributed by atoms with E-state index in [9.17, 15) is 4.79 Å². The predicted octanol–water partition coefficient (Wildman–Crippen LogP) is 3.11. The summed E-state index contributed by atoms with van der Waals surface area (Å²) in [6.07, 6.45) is 7.16. The van der Waals surface area contributed by atoms with Gasteiger partial charge in [0.15, 0.2) is 6.61 Å². The van der Waals surface area contributed by atoms with Gasteiger partial charge in [-0.25, -0.2) is 9.97 Å². The molecule has 7 nitrogen and oxygen atoms in total. The molecule has 0 radical (unpaired) electrons. The molecule has 3 aliphatic carbocycles. The highest BCUT2D eigenvalue weighted by atomic mass is 35.5. The standard InChI is InChI=1S/C21H22Cl2N4O3/c22-14-1-3-18(24-7-14)29-10-17(28)26-20-11-21(12-20,13-20)27-6-5-16(9-27)30-19-4-2-15(23)8-25-19/h1-4,7-8,16H,5-6,9-13H2,(H,26,28). The third kappa shape index (κ3) is 3.82. The van der Waals surface area contributed by atoms with Gasteiger partial charge >= 0.3 is 0 Å². The van der Waals surface area contributed by atoms with E-state index >= 15 is 0 Å². The Morgan fingerprint density at radius 1 is 1.10 bits per heavy atom. The van der Waals surface area contributed by atoms with Crippen LogP contribution in [0.25, 0.3) is 0 Å². The van der Waals surface area contributed by atoms with E-state index in [4.69, 9.17) is 32.7 Å². The second-order valence-electron chi connectivity index (χ2n) is 8.48. The number of carbonyl (C=O) groups is 1. The second kappa shape index (κ2) is 7.55. The van der Waals surface area contributed by atoms with Crippen LogP contribution >= 0.6 is 23.2 Å². The molecule has 0 aromatic carbocycles. The van der Waals surface area contributed by atoms with Gasteiger partial charge in [-0.05, 0) is 37.8 Å². The molecular weight excluding hydrogens is 427 g/mol. The molecule has 3 heterocycles. The Hall–Kier alpha value is -2.09. The van der Waals surface area contributed by atoms with Gasteiger partial charge in [0.25, 0.3) is 5.91 Å². The van der Waals surface area contributed by atoms with Gasteiger partial charge < -0.3 is 14.8 Å². The fourth-order valence-corrected chi connectivity index (χ4v) is 5.20. The lowest BCUT2D eigenvalue weighted by Gasteiger charge is -2.73. The van der Waals surface area contributed by atoms with E-state index in [0.29, 0.717) is 21.8 Å². The molecule has 4 fully saturated rings. The number of halogens is 2. The highest BCUT2D eigenvalue weighted by molar-refractivity contribution is 6.30. The lowest BCUT2D eigenvalue weighted by atomic mass is 9.43. The summed E-state index contributed by atoms with van der Waals surface area (Å²) in [5.74, 6) is 0.890. The van der Waals surface area contributed by atoms with Crippen molar-refractivity contribution in [2.75, 3.05) is 19.7 Å². The lowest BCUT2D eigenvalue weighted by molar-refractivity contribution is -0.179. The molecule has 6 rings (SSSR count). The van der Waals surface area contributed by atoms with E-state index in [1.807, 2.05) is 0 Å². The fraction of sp³-hybridized carbons (Fsp3) is 0.476. The summed E-state index contributed by atoms with van der Waals surface area (Å²) in [5, 5.41) is 4.28. The number of ether oxygens (including phenoxy) is 2. The third-order valence-corrected chi connectivity index (χ3v) is 6.71. The Bertz CT molecular complexity index is 918. The molecule has 30 heavy (non-hydrogen) atoms. The Kier molecular flexibility index (Phi) is 5.00. The Morgan fingerprint density at radius 2 is 1.77 bits per heavy atom. The molecular formula is C21H22Cl2N4O3. The highest BCUT2D eigenvalue weighted by Gasteiger charge is 2.71. The van der Waals surface area contributed by atoms with Gasteiger partial charge in [0, 0.05) is 48.7 Å². The second-order valence-corrected chi connectivity index (χ2v) is 9.35. The van der Waals surface area contributed by atoms with Crippen molar-refractivity contribution in [3.63, 3.8) is 0 Å². The topological polar surface area (TPSA) is 76.6 Å². The van der Waals surface area contributed by atoms with Gasteiger partial charge in [-0.3, -0.25) is 9.69 Å². The first-order valence-electron chi connectivity index (χ1n) is 10.0. The van der Waals surface area contributed by atoms with E-state index in [-0.39, 0.29) is 29.7 Å². The summed E-state index contributed by atoms with van der Waals surface area (Å²) in [7, 11) is 0. The third-order valence-electron chi connectivity index (χ3n) is 6.26. The number of aromatic nitrogens is 2. The largest absolute Gasteiger partial charge is 0.473 e. The fourth-order valence-electron chi connectivity index (χ4n) is 4.98. The molecule has 1 amide bonds. The minimum atomic E-state index is -0.114. The lowest BCUT2D eigenvalue weighted by Crippen LogP contribution is -2.83. The summed E-state index contributed by atoms with van der Waals surface area (Å²) >= 11 is 11.7.